The minimum absolute atomic E-state index is 0.198. The van der Waals surface area contributed by atoms with Gasteiger partial charge < -0.3 is 0 Å². The van der Waals surface area contributed by atoms with Gasteiger partial charge in [-0.15, -0.1) is 11.3 Å². The van der Waals surface area contributed by atoms with Gasteiger partial charge in [-0.1, -0.05) is 56.7 Å². The number of hydrogen-bond donors (Lipinski definition) is 0. The number of aryl methyl sites for hydroxylation is 1. The van der Waals surface area contributed by atoms with Gasteiger partial charge in [0, 0.05) is 15.0 Å². The number of fused-ring (bicyclic) bond motifs is 2. The molecule has 0 fully saturated rings. The van der Waals surface area contributed by atoms with Gasteiger partial charge in [-0.3, -0.25) is 0 Å². The van der Waals surface area contributed by atoms with E-state index in [1.165, 1.54) is 48.4 Å². The van der Waals surface area contributed by atoms with Crippen molar-refractivity contribution in [3.8, 4) is 11.1 Å². The second-order valence-electron chi connectivity index (χ2n) is 8.08. The third kappa shape index (κ3) is 2.52. The molecule has 24 heavy (non-hydrogen) atoms. The highest BCUT2D eigenvalue weighted by molar-refractivity contribution is 7.19. The van der Waals surface area contributed by atoms with Gasteiger partial charge >= 0.3 is 0 Å². The van der Waals surface area contributed by atoms with Gasteiger partial charge in [0.2, 0.25) is 0 Å². The first-order valence-electron chi connectivity index (χ1n) is 8.67. The van der Waals surface area contributed by atoms with Gasteiger partial charge in [-0.25, -0.2) is 0 Å². The predicted molar refractivity (Wildman–Crippen MR) is 108 cm³/mol. The molecule has 1 aliphatic rings. The molecule has 3 aromatic rings. The maximum atomic E-state index is 2.38. The first-order valence-corrected chi connectivity index (χ1v) is 9.49. The highest BCUT2D eigenvalue weighted by Crippen LogP contribution is 2.42. The Bertz CT molecular complexity index is 960. The fourth-order valence-corrected chi connectivity index (χ4v) is 4.73. The lowest BCUT2D eigenvalue weighted by atomic mass is 9.85. The molecule has 0 nitrogen and oxygen atoms in total. The molecule has 1 heteroatoms. The average Bonchev–Trinajstić information content (AvgIpc) is 3.04. The van der Waals surface area contributed by atoms with Crippen LogP contribution in [0, 0.1) is 6.92 Å². The maximum absolute atomic E-state index is 2.38. The summed E-state index contributed by atoms with van der Waals surface area (Å²) >= 11 is 1.91. The molecule has 0 saturated carbocycles. The second-order valence-corrected chi connectivity index (χ2v) is 9.37. The Morgan fingerprint density at radius 1 is 0.958 bits per heavy atom. The zero-order chi connectivity index (χ0) is 17.1. The van der Waals surface area contributed by atoms with Crippen LogP contribution in [0.25, 0.3) is 27.3 Å². The molecule has 4 rings (SSSR count). The Hall–Kier alpha value is -1.86. The Kier molecular flexibility index (Phi) is 3.47. The number of thiophene rings is 1. The van der Waals surface area contributed by atoms with Crippen LogP contribution in [0.2, 0.25) is 0 Å². The molecule has 0 unspecified atom stereocenters. The van der Waals surface area contributed by atoms with Crippen molar-refractivity contribution in [1.82, 2.24) is 0 Å². The fraction of sp³-hybridized carbons (Fsp3) is 0.304. The summed E-state index contributed by atoms with van der Waals surface area (Å²) in [6, 6.07) is 14.0. The lowest BCUT2D eigenvalue weighted by Crippen LogP contribution is -2.10. The van der Waals surface area contributed by atoms with E-state index in [1.54, 1.807) is 0 Å². The molecule has 0 spiro atoms. The van der Waals surface area contributed by atoms with Gasteiger partial charge in [-0.05, 0) is 65.6 Å². The van der Waals surface area contributed by atoms with Crippen molar-refractivity contribution in [1.29, 1.82) is 0 Å². The zero-order valence-corrected chi connectivity index (χ0v) is 16.0. The lowest BCUT2D eigenvalue weighted by molar-refractivity contribution is 0.590. The standard InChI is InChI=1S/C23H24S/c1-14-10-17-13-21-20(12-15(2)24-21)22(19(17)11-14)16-6-8-18(9-7-16)23(3,4)5/h6-10,12-13H,11H2,1-5H3. The van der Waals surface area contributed by atoms with E-state index in [0.717, 1.165) is 6.42 Å². The summed E-state index contributed by atoms with van der Waals surface area (Å²) in [5.41, 5.74) is 8.77. The molecule has 0 N–H and O–H groups in total. The monoisotopic (exact) mass is 332 g/mol. The summed E-state index contributed by atoms with van der Waals surface area (Å²) in [6.07, 6.45) is 3.44. The number of allylic oxidation sites excluding steroid dienone is 1. The van der Waals surface area contributed by atoms with Crippen molar-refractivity contribution in [2.75, 3.05) is 0 Å². The van der Waals surface area contributed by atoms with E-state index in [9.17, 15) is 0 Å². The predicted octanol–water partition coefficient (Wildman–Crippen LogP) is 7.13. The molecular weight excluding hydrogens is 308 g/mol. The molecular formula is C23H24S. The number of benzene rings is 2. The van der Waals surface area contributed by atoms with Crippen LogP contribution < -0.4 is 0 Å². The van der Waals surface area contributed by atoms with E-state index in [-0.39, 0.29) is 5.41 Å². The third-order valence-corrected chi connectivity index (χ3v) is 5.98. The maximum Gasteiger partial charge on any atom is 0.0357 e. The fourth-order valence-electron chi connectivity index (χ4n) is 3.75. The SMILES string of the molecule is CC1=Cc2cc3sc(C)cc3c(-c3ccc(C(C)(C)C)cc3)c2C1. The van der Waals surface area contributed by atoms with Crippen LogP contribution in [0.1, 0.15) is 49.3 Å². The summed E-state index contributed by atoms with van der Waals surface area (Å²) in [6.45, 7) is 11.3. The lowest BCUT2D eigenvalue weighted by Gasteiger charge is -2.20. The van der Waals surface area contributed by atoms with Crippen LogP contribution >= 0.6 is 11.3 Å². The molecule has 2 aromatic carbocycles. The van der Waals surface area contributed by atoms with Gasteiger partial charge in [0.05, 0.1) is 0 Å². The van der Waals surface area contributed by atoms with Crippen molar-refractivity contribution in [3.63, 3.8) is 0 Å². The van der Waals surface area contributed by atoms with Gasteiger partial charge in [0.15, 0.2) is 0 Å². The quantitative estimate of drug-likeness (QED) is 0.444. The van der Waals surface area contributed by atoms with Crippen molar-refractivity contribution in [2.45, 2.75) is 46.5 Å². The Morgan fingerprint density at radius 2 is 1.67 bits per heavy atom. The van der Waals surface area contributed by atoms with E-state index in [0.29, 0.717) is 0 Å². The summed E-state index contributed by atoms with van der Waals surface area (Å²) in [5, 5.41) is 1.42. The number of rotatable bonds is 1. The third-order valence-electron chi connectivity index (χ3n) is 4.99. The molecule has 1 aromatic heterocycles. The van der Waals surface area contributed by atoms with E-state index in [4.69, 9.17) is 0 Å². The highest BCUT2D eigenvalue weighted by Gasteiger charge is 2.20. The van der Waals surface area contributed by atoms with Crippen LogP contribution in [0.15, 0.2) is 42.0 Å². The minimum atomic E-state index is 0.198. The molecule has 0 aliphatic heterocycles. The zero-order valence-electron chi connectivity index (χ0n) is 15.2. The van der Waals surface area contributed by atoms with Crippen molar-refractivity contribution >= 4 is 27.5 Å². The molecule has 0 atom stereocenters. The second kappa shape index (κ2) is 5.32. The summed E-state index contributed by atoms with van der Waals surface area (Å²) in [7, 11) is 0. The molecule has 1 heterocycles. The van der Waals surface area contributed by atoms with E-state index in [1.807, 2.05) is 11.3 Å². The molecule has 1 aliphatic carbocycles. The highest BCUT2D eigenvalue weighted by atomic mass is 32.1. The smallest absolute Gasteiger partial charge is 0.0357 e. The van der Waals surface area contributed by atoms with E-state index in [2.05, 4.69) is 77.1 Å². The normalized spacial score (nSPS) is 14.1. The molecule has 122 valence electrons. The van der Waals surface area contributed by atoms with Crippen molar-refractivity contribution in [3.05, 3.63) is 63.5 Å². The minimum Gasteiger partial charge on any atom is -0.141 e. The van der Waals surface area contributed by atoms with Crippen LogP contribution in [0.5, 0.6) is 0 Å². The molecule has 0 radical (unpaired) electrons. The molecule has 0 saturated heterocycles. The van der Waals surface area contributed by atoms with Crippen molar-refractivity contribution in [2.24, 2.45) is 0 Å². The van der Waals surface area contributed by atoms with Crippen LogP contribution in [0.4, 0.5) is 0 Å². The largest absolute Gasteiger partial charge is 0.141 e. The summed E-state index contributed by atoms with van der Waals surface area (Å²) in [5.74, 6) is 0. The van der Waals surface area contributed by atoms with Crippen LogP contribution in [-0.2, 0) is 11.8 Å². The van der Waals surface area contributed by atoms with E-state index >= 15 is 0 Å². The van der Waals surface area contributed by atoms with Gasteiger partial charge in [0.1, 0.15) is 0 Å². The topological polar surface area (TPSA) is 0 Å². The first kappa shape index (κ1) is 15.7. The van der Waals surface area contributed by atoms with E-state index < -0.39 is 0 Å². The summed E-state index contributed by atoms with van der Waals surface area (Å²) in [4.78, 5) is 1.39. The van der Waals surface area contributed by atoms with Crippen LogP contribution in [0.3, 0.4) is 0 Å². The summed E-state index contributed by atoms with van der Waals surface area (Å²) < 4.78 is 1.41. The molecule has 0 amide bonds. The average molecular weight is 333 g/mol. The Balaban J connectivity index is 1.95. The molecule has 0 bridgehead atoms. The Labute approximate surface area is 148 Å². The van der Waals surface area contributed by atoms with Gasteiger partial charge in [-0.2, -0.15) is 0 Å². The van der Waals surface area contributed by atoms with Crippen LogP contribution in [-0.4, -0.2) is 0 Å². The van der Waals surface area contributed by atoms with Gasteiger partial charge in [0.25, 0.3) is 0 Å². The first-order chi connectivity index (χ1) is 11.3. The Morgan fingerprint density at radius 3 is 2.33 bits per heavy atom. The van der Waals surface area contributed by atoms with Crippen molar-refractivity contribution < 1.29 is 0 Å². The number of hydrogen-bond acceptors (Lipinski definition) is 1.